The van der Waals surface area contributed by atoms with Crippen LogP contribution in [0.2, 0.25) is 0 Å². The van der Waals surface area contributed by atoms with Crippen molar-refractivity contribution in [3.05, 3.63) is 94.7 Å². The molecule has 1 saturated carbocycles. The van der Waals surface area contributed by atoms with Gasteiger partial charge in [0, 0.05) is 0 Å². The van der Waals surface area contributed by atoms with Crippen LogP contribution in [0.25, 0.3) is 0 Å². The van der Waals surface area contributed by atoms with Gasteiger partial charge < -0.3 is 9.47 Å². The molecule has 0 atom stereocenters. The van der Waals surface area contributed by atoms with E-state index in [4.69, 9.17) is 9.47 Å². The number of halogens is 1. The molecule has 0 unspecified atom stereocenters. The Morgan fingerprint density at radius 2 is 1.33 bits per heavy atom. The van der Waals surface area contributed by atoms with E-state index in [0.29, 0.717) is 0 Å². The third-order valence-corrected chi connectivity index (χ3v) is 5.47. The molecule has 0 radical (unpaired) electrons. The first-order valence-corrected chi connectivity index (χ1v) is 10.6. The van der Waals surface area contributed by atoms with E-state index in [0.717, 1.165) is 34.6 Å². The Morgan fingerprint density at radius 3 is 2.19 bits per heavy atom. The van der Waals surface area contributed by atoms with Crippen LogP contribution >= 0.6 is 15.9 Å². The molecule has 0 aromatic carbocycles. The zero-order chi connectivity index (χ0) is 18.7. The largest absolute Gasteiger partial charge is 0.489 e. The van der Waals surface area contributed by atoms with E-state index in [2.05, 4.69) is 15.9 Å². The first-order chi connectivity index (χ1) is 13.3. The molecule has 1 fully saturated rings. The van der Waals surface area contributed by atoms with Crippen molar-refractivity contribution in [2.24, 2.45) is 0 Å². The molecular formula is C24H27BrO2. The molecule has 3 heteroatoms. The van der Waals surface area contributed by atoms with Gasteiger partial charge in [0.2, 0.25) is 0 Å². The van der Waals surface area contributed by atoms with E-state index in [9.17, 15) is 0 Å². The first-order valence-electron chi connectivity index (χ1n) is 9.84. The lowest BCUT2D eigenvalue weighted by atomic mass is 9.98. The predicted molar refractivity (Wildman–Crippen MR) is 116 cm³/mol. The zero-order valence-electron chi connectivity index (χ0n) is 15.6. The van der Waals surface area contributed by atoms with Gasteiger partial charge in [0.25, 0.3) is 0 Å². The standard InChI is InChI=1S/C24H27BrO2/c25-24-22(26-20-14-8-3-1-4-9-15-20)18-12-7-13-19-23(24)27-21-16-10-5-2-6-11-17-21/h1,3-4,7-9,12-15,18-19,21H,2,5-6,10-11,16-17H2/b3-1-,4-1?,8-3?,9-4-,12-7?,13-7-,14-8-,15-9?,18-12-,19-13?,20-14?,20-15+,22-18?,23-19+,24-22-,24-23?. The van der Waals surface area contributed by atoms with Gasteiger partial charge in [0.05, 0.1) is 6.10 Å². The van der Waals surface area contributed by atoms with Gasteiger partial charge in [-0.15, -0.1) is 0 Å². The molecule has 3 rings (SSSR count). The van der Waals surface area contributed by atoms with Gasteiger partial charge in [-0.1, -0.05) is 67.9 Å². The van der Waals surface area contributed by atoms with Crippen LogP contribution in [0.4, 0.5) is 0 Å². The van der Waals surface area contributed by atoms with E-state index in [1.807, 2.05) is 72.9 Å². The van der Waals surface area contributed by atoms with E-state index in [1.165, 1.54) is 32.1 Å². The fourth-order valence-corrected chi connectivity index (χ4v) is 3.69. The highest BCUT2D eigenvalue weighted by Gasteiger charge is 2.18. The molecule has 0 aliphatic heterocycles. The Hall–Kier alpha value is -2.00. The van der Waals surface area contributed by atoms with Crippen LogP contribution in [0.15, 0.2) is 94.7 Å². The Kier molecular flexibility index (Phi) is 8.03. The van der Waals surface area contributed by atoms with Gasteiger partial charge >= 0.3 is 0 Å². The Labute approximate surface area is 171 Å². The average Bonchev–Trinajstić information content (AvgIpc) is 2.61. The van der Waals surface area contributed by atoms with E-state index >= 15 is 0 Å². The van der Waals surface area contributed by atoms with Crippen molar-refractivity contribution in [1.29, 1.82) is 0 Å². The summed E-state index contributed by atoms with van der Waals surface area (Å²) in [5.74, 6) is 2.36. The Bertz CT molecular complexity index is 736. The predicted octanol–water partition coefficient (Wildman–Crippen LogP) is 7.32. The summed E-state index contributed by atoms with van der Waals surface area (Å²) in [5.41, 5.74) is 0. The molecule has 3 aliphatic carbocycles. The molecule has 27 heavy (non-hydrogen) atoms. The minimum absolute atomic E-state index is 0.274. The number of hydrogen-bond donors (Lipinski definition) is 0. The van der Waals surface area contributed by atoms with Gasteiger partial charge in [0.1, 0.15) is 21.8 Å². The fourth-order valence-electron chi connectivity index (χ4n) is 3.25. The topological polar surface area (TPSA) is 18.5 Å². The van der Waals surface area contributed by atoms with Crippen molar-refractivity contribution in [3.63, 3.8) is 0 Å². The lowest BCUT2D eigenvalue weighted by Crippen LogP contribution is -2.15. The molecule has 142 valence electrons. The Balaban J connectivity index is 1.77. The molecule has 0 aromatic rings. The van der Waals surface area contributed by atoms with Crippen molar-refractivity contribution in [3.8, 4) is 0 Å². The summed E-state index contributed by atoms with van der Waals surface area (Å²) < 4.78 is 13.4. The second-order valence-corrected chi connectivity index (χ2v) is 7.63. The van der Waals surface area contributed by atoms with Gasteiger partial charge in [-0.2, -0.15) is 0 Å². The maximum atomic E-state index is 6.41. The highest BCUT2D eigenvalue weighted by atomic mass is 79.9. The van der Waals surface area contributed by atoms with E-state index < -0.39 is 0 Å². The maximum Gasteiger partial charge on any atom is 0.145 e. The van der Waals surface area contributed by atoms with Crippen LogP contribution in [-0.4, -0.2) is 6.10 Å². The molecular weight excluding hydrogens is 400 g/mol. The molecule has 0 bridgehead atoms. The monoisotopic (exact) mass is 426 g/mol. The molecule has 0 spiro atoms. The third kappa shape index (κ3) is 6.59. The van der Waals surface area contributed by atoms with Crippen LogP contribution in [-0.2, 0) is 9.47 Å². The average molecular weight is 427 g/mol. The molecule has 0 amide bonds. The van der Waals surface area contributed by atoms with Gasteiger partial charge in [-0.3, -0.25) is 0 Å². The van der Waals surface area contributed by atoms with Gasteiger partial charge in [-0.05, 0) is 65.9 Å². The summed E-state index contributed by atoms with van der Waals surface area (Å²) in [5, 5.41) is 0. The van der Waals surface area contributed by atoms with E-state index in [-0.39, 0.29) is 6.10 Å². The van der Waals surface area contributed by atoms with E-state index in [1.54, 1.807) is 0 Å². The number of allylic oxidation sites excluding steroid dienone is 13. The summed E-state index contributed by atoms with van der Waals surface area (Å²) in [6, 6.07) is 0. The summed E-state index contributed by atoms with van der Waals surface area (Å²) >= 11 is 3.72. The van der Waals surface area contributed by atoms with Crippen LogP contribution in [0.3, 0.4) is 0 Å². The molecule has 0 saturated heterocycles. The van der Waals surface area contributed by atoms with Gasteiger partial charge in [0.15, 0.2) is 0 Å². The van der Waals surface area contributed by atoms with Crippen molar-refractivity contribution >= 4 is 15.9 Å². The second kappa shape index (κ2) is 11.0. The lowest BCUT2D eigenvalue weighted by Gasteiger charge is -2.23. The first kappa shape index (κ1) is 19.8. The van der Waals surface area contributed by atoms with Crippen LogP contribution < -0.4 is 0 Å². The molecule has 0 N–H and O–H groups in total. The van der Waals surface area contributed by atoms with Crippen molar-refractivity contribution in [2.45, 2.75) is 51.0 Å². The molecule has 0 heterocycles. The second-order valence-electron chi connectivity index (χ2n) is 6.84. The summed E-state index contributed by atoms with van der Waals surface area (Å²) in [7, 11) is 0. The highest BCUT2D eigenvalue weighted by molar-refractivity contribution is 9.12. The molecule has 0 aromatic heterocycles. The normalized spacial score (nSPS) is 33.8. The highest BCUT2D eigenvalue weighted by Crippen LogP contribution is 2.31. The van der Waals surface area contributed by atoms with Crippen LogP contribution in [0.1, 0.15) is 44.9 Å². The van der Waals surface area contributed by atoms with Crippen LogP contribution in [0.5, 0.6) is 0 Å². The quantitative estimate of drug-likeness (QED) is 0.468. The summed E-state index contributed by atoms with van der Waals surface area (Å²) in [6.45, 7) is 0. The molecule has 2 nitrogen and oxygen atoms in total. The van der Waals surface area contributed by atoms with Crippen molar-refractivity contribution in [2.75, 3.05) is 0 Å². The zero-order valence-corrected chi connectivity index (χ0v) is 17.2. The lowest BCUT2D eigenvalue weighted by molar-refractivity contribution is 0.0977. The smallest absolute Gasteiger partial charge is 0.145 e. The SMILES string of the molecule is BrC1=C(OC2=C/C=C\C=C/C=C\2)/C=C\C=C/C=C\1OC1CCCCCCC1. The van der Waals surface area contributed by atoms with Crippen molar-refractivity contribution in [1.82, 2.24) is 0 Å². The minimum atomic E-state index is 0.274. The summed E-state index contributed by atoms with van der Waals surface area (Å²) in [4.78, 5) is 0. The third-order valence-electron chi connectivity index (χ3n) is 4.69. The summed E-state index contributed by atoms with van der Waals surface area (Å²) in [6.07, 6.45) is 32.8. The number of rotatable bonds is 4. The number of ether oxygens (including phenoxy) is 2. The van der Waals surface area contributed by atoms with Gasteiger partial charge in [-0.25, -0.2) is 0 Å². The number of hydrogen-bond acceptors (Lipinski definition) is 2. The Morgan fingerprint density at radius 1 is 0.704 bits per heavy atom. The minimum Gasteiger partial charge on any atom is -0.489 e. The maximum absolute atomic E-state index is 6.41. The fraction of sp³-hybridized carbons (Fsp3) is 0.333. The molecule has 3 aliphatic rings. The van der Waals surface area contributed by atoms with Crippen LogP contribution in [0, 0.1) is 0 Å². The van der Waals surface area contributed by atoms with Crippen molar-refractivity contribution < 1.29 is 9.47 Å².